The van der Waals surface area contributed by atoms with E-state index in [0.717, 1.165) is 83.5 Å². The van der Waals surface area contributed by atoms with Crippen LogP contribution in [0.2, 0.25) is 0 Å². The minimum Gasteiger partial charge on any atom is -0.743 e. The summed E-state index contributed by atoms with van der Waals surface area (Å²) < 4.78 is 175. The van der Waals surface area contributed by atoms with Crippen molar-refractivity contribution in [1.29, 1.82) is 0 Å². The second kappa shape index (κ2) is 41.4. The van der Waals surface area contributed by atoms with Crippen molar-refractivity contribution in [1.82, 2.24) is 0 Å². The molecule has 0 aromatic heterocycles. The first kappa shape index (κ1) is 112. The number of esters is 8. The second-order valence-electron chi connectivity index (χ2n) is 44.4. The monoisotopic (exact) mass is 1940 g/mol. The summed E-state index contributed by atoms with van der Waals surface area (Å²) in [4.78, 5) is 100. The van der Waals surface area contributed by atoms with Gasteiger partial charge in [0.25, 0.3) is 0 Å². The number of benzene rings is 3. The minimum atomic E-state index is -6.42. The van der Waals surface area contributed by atoms with E-state index < -0.39 is 119 Å². The maximum Gasteiger partial charge on any atom is 0.437 e. The first-order chi connectivity index (χ1) is 61.3. The van der Waals surface area contributed by atoms with Crippen molar-refractivity contribution in [2.75, 3.05) is 13.2 Å². The van der Waals surface area contributed by atoms with Gasteiger partial charge in [0.1, 0.15) is 29.0 Å². The maximum atomic E-state index is 13.0. The predicted molar refractivity (Wildman–Crippen MR) is 482 cm³/mol. The van der Waals surface area contributed by atoms with Crippen LogP contribution in [0.3, 0.4) is 0 Å². The van der Waals surface area contributed by atoms with Crippen molar-refractivity contribution in [2.24, 2.45) is 85.2 Å². The number of fused-ring (bicyclic) bond motifs is 5. The quantitative estimate of drug-likeness (QED) is 0.0181. The molecule has 15 rings (SSSR count). The Balaban J connectivity index is 0.000000201. The summed E-state index contributed by atoms with van der Waals surface area (Å²) in [5.74, 6) is -3.82. The summed E-state index contributed by atoms with van der Waals surface area (Å²) in [7, 11) is -5.87. The van der Waals surface area contributed by atoms with Crippen molar-refractivity contribution in [2.45, 2.75) is 390 Å². The number of carbonyl (C=O) groups excluding carboxylic acids is 8. The number of alkyl halides is 8. The smallest absolute Gasteiger partial charge is 0.437 e. The summed E-state index contributed by atoms with van der Waals surface area (Å²) >= 11 is 0. The van der Waals surface area contributed by atoms with E-state index in [2.05, 4.69) is 100 Å². The van der Waals surface area contributed by atoms with Gasteiger partial charge in [0.2, 0.25) is 0 Å². The van der Waals surface area contributed by atoms with E-state index in [-0.39, 0.29) is 87.1 Å². The van der Waals surface area contributed by atoms with Gasteiger partial charge in [0.05, 0.1) is 67.3 Å². The molecule has 0 radical (unpaired) electrons. The lowest BCUT2D eigenvalue weighted by atomic mass is 9.37. The molecule has 12 aliphatic rings. The van der Waals surface area contributed by atoms with E-state index in [4.69, 9.17) is 33.5 Å². The number of carbonyl (C=O) groups is 8. The molecule has 10 atom stereocenters. The predicted octanol–water partition coefficient (Wildman–Crippen LogP) is 19.9. The van der Waals surface area contributed by atoms with Gasteiger partial charge in [-0.15, -0.1) is 0 Å². The largest absolute Gasteiger partial charge is 0.743 e. The number of aliphatic hydroxyl groups is 4. The van der Waals surface area contributed by atoms with Crippen LogP contribution in [0.5, 0.6) is 0 Å². The van der Waals surface area contributed by atoms with E-state index in [9.17, 15) is 102 Å². The average Bonchev–Trinajstić information content (AvgIpc) is 1.52. The Morgan fingerprint density at radius 1 is 0.493 bits per heavy atom. The van der Waals surface area contributed by atoms with Crippen LogP contribution in [-0.2, 0) is 97.3 Å². The molecule has 23 nitrogen and oxygen atoms in total. The first-order valence-electron chi connectivity index (χ1n) is 47.2. The number of hydrogen-bond acceptors (Lipinski definition) is 23. The molecule has 1 saturated heterocycles. The Kier molecular flexibility index (Phi) is 34.7. The standard InChI is InChI=1S/C22H38O4.C21H30F6O7.C18H15S.C16H26O3.C15H22O4.C9H16F2O5S/c1-8-17(2,3)16(23)26-22-11-15-9-20(13-22,18(4,5)24)12-21(10-15,14-22)19(6,7)25;1-6-17(2,3)15(29)33-13-9-7-12(8-10-13)18(4,5)34-14(28)11-32-16(30)19(31,20(22,23)24)21(25,26)27;1-4-10-16(11-5-1)19(17-12-6-2-7-13-17)18-14-8-3-9-15-18;1-4-14(2,3)13(17)19-16-8-11-5-12(9-16)7-15(18,6-11)10-16;1-4-15(2,3)14(17)19-11-6-8-5-9(11)10-7-18-13(16)12(8)10;1-5-8(3,4)7(12)16-6(2)9(10,11)17(13,14)15/h15,24-25H,8-14H2,1-7H3;12-13,31H,6-11H2,1-5H3;1-15H;11-12,18H,4-10H2,1-3H3;8-12H,4-7H2,1-3H3;6H,5H2,1-4H3,(H,13,14,15)/q;;+1;;;/p-1. The summed E-state index contributed by atoms with van der Waals surface area (Å²) in [6, 6.07) is 32.2. The molecule has 4 N–H and O–H groups in total. The zero-order chi connectivity index (χ0) is 101. The molecule has 0 amide bonds. The highest BCUT2D eigenvalue weighted by Crippen LogP contribution is 2.73. The van der Waals surface area contributed by atoms with Crippen molar-refractivity contribution < 1.29 is 145 Å². The van der Waals surface area contributed by atoms with Gasteiger partial charge in [-0.05, 0) is 325 Å². The van der Waals surface area contributed by atoms with Crippen LogP contribution >= 0.6 is 0 Å². The molecule has 3 aromatic carbocycles. The van der Waals surface area contributed by atoms with Crippen LogP contribution in [-0.4, -0.2) is 169 Å². The van der Waals surface area contributed by atoms with E-state index in [1.165, 1.54) is 48.8 Å². The third-order valence-electron chi connectivity index (χ3n) is 31.2. The Labute approximate surface area is 788 Å². The highest BCUT2D eigenvalue weighted by molar-refractivity contribution is 7.97. The zero-order valence-electron chi connectivity index (χ0n) is 82.1. The Morgan fingerprint density at radius 3 is 1.28 bits per heavy atom. The molecule has 3 aromatic rings. The normalized spacial score (nSPS) is 28.4. The molecule has 1 heterocycles. The molecular formula is C101H146F8O23S2. The Bertz CT molecular complexity index is 4510. The van der Waals surface area contributed by atoms with E-state index in [0.29, 0.717) is 101 Å². The fourth-order valence-electron chi connectivity index (χ4n) is 21.1. The van der Waals surface area contributed by atoms with Gasteiger partial charge in [-0.1, -0.05) is 89.2 Å². The van der Waals surface area contributed by atoms with Gasteiger partial charge in [0.15, 0.2) is 37.5 Å². The highest BCUT2D eigenvalue weighted by Gasteiger charge is 2.77. The third-order valence-corrected chi connectivity index (χ3v) is 34.4. The molecule has 756 valence electrons. The van der Waals surface area contributed by atoms with E-state index >= 15 is 0 Å². The van der Waals surface area contributed by atoms with E-state index in [1.54, 1.807) is 20.8 Å². The molecule has 10 bridgehead atoms. The maximum absolute atomic E-state index is 13.0. The van der Waals surface area contributed by atoms with Crippen molar-refractivity contribution in [3.05, 3.63) is 91.0 Å². The number of ether oxygens (including phenoxy) is 8. The molecule has 10 unspecified atom stereocenters. The minimum absolute atomic E-state index is 0.000856. The lowest BCUT2D eigenvalue weighted by Crippen LogP contribution is -2.70. The van der Waals surface area contributed by atoms with Gasteiger partial charge >= 0.3 is 71.0 Å². The highest BCUT2D eigenvalue weighted by atomic mass is 32.2. The summed E-state index contributed by atoms with van der Waals surface area (Å²) in [5, 5.41) is 37.2. The average molecular weight is 1940 g/mol. The lowest BCUT2D eigenvalue weighted by Gasteiger charge is -2.70. The summed E-state index contributed by atoms with van der Waals surface area (Å²) in [6.07, 6.45) is 2.16. The number of cyclic esters (lactones) is 1. The number of rotatable bonds is 27. The van der Waals surface area contributed by atoms with Crippen LogP contribution in [0.1, 0.15) is 300 Å². The second-order valence-corrected chi connectivity index (χ2v) is 47.9. The van der Waals surface area contributed by atoms with Crippen molar-refractivity contribution in [3.8, 4) is 0 Å². The van der Waals surface area contributed by atoms with Crippen LogP contribution in [0.25, 0.3) is 0 Å². The summed E-state index contributed by atoms with van der Waals surface area (Å²) in [5.41, 5.74) is -13.8. The lowest BCUT2D eigenvalue weighted by molar-refractivity contribution is -0.357. The third kappa shape index (κ3) is 25.4. The molecule has 12 fully saturated rings. The Hall–Kier alpha value is -7.04. The molecule has 1 aliphatic heterocycles. The fourth-order valence-corrected chi connectivity index (χ4v) is 23.6. The van der Waals surface area contributed by atoms with Crippen molar-refractivity contribution >= 4 is 68.8 Å². The Morgan fingerprint density at radius 2 is 0.888 bits per heavy atom. The molecule has 134 heavy (non-hydrogen) atoms. The van der Waals surface area contributed by atoms with Gasteiger partial charge in [-0.25, -0.2) is 18.0 Å². The number of hydrogen-bond donors (Lipinski definition) is 4. The molecule has 33 heteroatoms. The summed E-state index contributed by atoms with van der Waals surface area (Å²) in [6.45, 7) is 37.8. The van der Waals surface area contributed by atoms with Crippen LogP contribution in [0.15, 0.2) is 106 Å². The number of halogens is 8. The van der Waals surface area contributed by atoms with Crippen LogP contribution < -0.4 is 0 Å². The topological polar surface area (TPSA) is 349 Å². The molecule has 11 aliphatic carbocycles. The van der Waals surface area contributed by atoms with Gasteiger partial charge < -0.3 is 62.9 Å². The van der Waals surface area contributed by atoms with Gasteiger partial charge in [-0.2, -0.15) is 35.1 Å². The van der Waals surface area contributed by atoms with Gasteiger partial charge in [-0.3, -0.25) is 28.8 Å². The molecule has 11 saturated carbocycles. The SMILES string of the molecule is CCC(C)(C)C(=O)OC(C)C(F)(F)S(=O)(=O)[O-].CCC(C)(C)C(=O)OC12CC3CC(C(C)(C)O)(C1)CC(C(C)(C)O)(C3)C2.CCC(C)(C)C(=O)OC12CC3CC(CC(O)(C3)C1)C2.CCC(C)(C)C(=O)OC1CC2CC1C1COC(=O)C21.CCC(C)(C)C(=O)OC1CCC(C(C)(C)OC(=O)COC(=O)C(O)(C(F)(F)F)C(F)(F)F)CC1.c1ccc([S+](c2ccccc2)c2ccccc2)cc1. The van der Waals surface area contributed by atoms with Gasteiger partial charge in [0, 0.05) is 29.1 Å². The molecular weight excluding hydrogens is 1800 g/mol. The van der Waals surface area contributed by atoms with Crippen LogP contribution in [0, 0.1) is 85.2 Å². The molecule has 0 spiro atoms. The first-order valence-corrected chi connectivity index (χ1v) is 49.8. The van der Waals surface area contributed by atoms with E-state index in [1.807, 2.05) is 96.9 Å². The zero-order valence-corrected chi connectivity index (χ0v) is 83.7. The van der Waals surface area contributed by atoms with Crippen LogP contribution in [0.4, 0.5) is 35.1 Å². The van der Waals surface area contributed by atoms with Crippen molar-refractivity contribution in [3.63, 3.8) is 0 Å². The fraction of sp³-hybridized carbons (Fsp3) is 0.743.